The second-order valence-corrected chi connectivity index (χ2v) is 6.71. The minimum atomic E-state index is -3.61. The number of hydrogen-bond donors (Lipinski definition) is 2. The van der Waals surface area contributed by atoms with Crippen molar-refractivity contribution < 1.29 is 8.42 Å². The molecule has 0 saturated carbocycles. The number of rotatable bonds is 6. The summed E-state index contributed by atoms with van der Waals surface area (Å²) in [5, 5.41) is 3.06. The molecule has 1 aromatic heterocycles. The number of aromatic nitrogens is 1. The third kappa shape index (κ3) is 3.81. The molecule has 5 nitrogen and oxygen atoms in total. The maximum absolute atomic E-state index is 12.3. The van der Waals surface area contributed by atoms with Gasteiger partial charge in [0.1, 0.15) is 10.7 Å². The van der Waals surface area contributed by atoms with E-state index in [2.05, 4.69) is 15.0 Å². The number of sulfonamides is 1. The first kappa shape index (κ1) is 16.2. The van der Waals surface area contributed by atoms with Crippen LogP contribution in [0.1, 0.15) is 33.6 Å². The van der Waals surface area contributed by atoms with Crippen LogP contribution >= 0.6 is 11.6 Å². The highest BCUT2D eigenvalue weighted by Gasteiger charge is 2.28. The third-order valence-electron chi connectivity index (χ3n) is 3.30. The Morgan fingerprint density at radius 1 is 1.37 bits per heavy atom. The van der Waals surface area contributed by atoms with Gasteiger partial charge in [-0.1, -0.05) is 25.4 Å². The van der Waals surface area contributed by atoms with Crippen molar-refractivity contribution in [1.29, 1.82) is 0 Å². The van der Waals surface area contributed by atoms with Crippen LogP contribution in [0.5, 0.6) is 0 Å². The summed E-state index contributed by atoms with van der Waals surface area (Å²) in [6.07, 6.45) is 2.71. The Bertz CT molecular complexity index is 542. The lowest BCUT2D eigenvalue weighted by atomic mass is 9.98. The number of pyridine rings is 1. The maximum Gasteiger partial charge on any atom is 0.242 e. The molecular weight excluding hydrogens is 286 g/mol. The van der Waals surface area contributed by atoms with Crippen molar-refractivity contribution in [3.63, 3.8) is 0 Å². The number of halogens is 1. The normalized spacial score (nSPS) is 12.5. The number of hydrogen-bond acceptors (Lipinski definition) is 4. The molecule has 0 saturated heterocycles. The Morgan fingerprint density at radius 3 is 2.37 bits per heavy atom. The Kier molecular flexibility index (Phi) is 5.18. The van der Waals surface area contributed by atoms with E-state index in [0.717, 1.165) is 0 Å². The standard InChI is InChI=1S/C12H20ClN3O2S/c1-5-12(3,6-2)16-19(17,18)9-7-10(13)11(14-4)15-8-9/h7-8,16H,5-6H2,1-4H3,(H,14,15). The van der Waals surface area contributed by atoms with E-state index in [4.69, 9.17) is 11.6 Å². The van der Waals surface area contributed by atoms with Crippen LogP contribution in [0.2, 0.25) is 5.02 Å². The van der Waals surface area contributed by atoms with Gasteiger partial charge in [0.2, 0.25) is 10.0 Å². The van der Waals surface area contributed by atoms with E-state index in [9.17, 15) is 8.42 Å². The van der Waals surface area contributed by atoms with Crippen LogP contribution in [-0.4, -0.2) is 26.0 Å². The van der Waals surface area contributed by atoms with Gasteiger partial charge >= 0.3 is 0 Å². The predicted molar refractivity (Wildman–Crippen MR) is 78.1 cm³/mol. The molecule has 2 N–H and O–H groups in total. The van der Waals surface area contributed by atoms with E-state index in [0.29, 0.717) is 18.7 Å². The molecular formula is C12H20ClN3O2S. The van der Waals surface area contributed by atoms with E-state index in [1.165, 1.54) is 12.3 Å². The highest BCUT2D eigenvalue weighted by molar-refractivity contribution is 7.89. The molecule has 0 amide bonds. The molecule has 0 spiro atoms. The quantitative estimate of drug-likeness (QED) is 0.847. The molecule has 108 valence electrons. The topological polar surface area (TPSA) is 71.1 Å². The molecule has 0 atom stereocenters. The van der Waals surface area contributed by atoms with Crippen molar-refractivity contribution in [1.82, 2.24) is 9.71 Å². The summed E-state index contributed by atoms with van der Waals surface area (Å²) in [6, 6.07) is 1.40. The molecule has 0 fully saturated rings. The van der Waals surface area contributed by atoms with Crippen molar-refractivity contribution in [2.45, 2.75) is 44.0 Å². The van der Waals surface area contributed by atoms with Crippen LogP contribution in [0, 0.1) is 0 Å². The monoisotopic (exact) mass is 305 g/mol. The van der Waals surface area contributed by atoms with Gasteiger partial charge in [-0.05, 0) is 25.8 Å². The average molecular weight is 306 g/mol. The van der Waals surface area contributed by atoms with Gasteiger partial charge in [-0.2, -0.15) is 0 Å². The zero-order chi connectivity index (χ0) is 14.7. The molecule has 0 aliphatic heterocycles. The smallest absolute Gasteiger partial charge is 0.242 e. The summed E-state index contributed by atoms with van der Waals surface area (Å²) >= 11 is 5.96. The lowest BCUT2D eigenvalue weighted by Crippen LogP contribution is -2.44. The first-order valence-electron chi connectivity index (χ1n) is 6.15. The van der Waals surface area contributed by atoms with E-state index < -0.39 is 15.6 Å². The van der Waals surface area contributed by atoms with Gasteiger partial charge in [0, 0.05) is 18.8 Å². The summed E-state index contributed by atoms with van der Waals surface area (Å²) in [5.41, 5.74) is -0.465. The molecule has 0 bridgehead atoms. The summed E-state index contributed by atoms with van der Waals surface area (Å²) in [5.74, 6) is 0.453. The first-order valence-corrected chi connectivity index (χ1v) is 8.01. The molecule has 1 heterocycles. The molecule has 19 heavy (non-hydrogen) atoms. The Hall–Kier alpha value is -0.850. The van der Waals surface area contributed by atoms with Gasteiger partial charge < -0.3 is 5.32 Å². The summed E-state index contributed by atoms with van der Waals surface area (Å²) in [4.78, 5) is 4.06. The fourth-order valence-electron chi connectivity index (χ4n) is 1.53. The number of nitrogens with zero attached hydrogens (tertiary/aromatic N) is 1. The van der Waals surface area contributed by atoms with Crippen LogP contribution in [0.4, 0.5) is 5.82 Å². The molecule has 7 heteroatoms. The summed E-state index contributed by atoms with van der Waals surface area (Å²) in [7, 11) is -1.94. The highest BCUT2D eigenvalue weighted by atomic mass is 35.5. The fourth-order valence-corrected chi connectivity index (χ4v) is 3.37. The molecule has 0 unspecified atom stereocenters. The minimum Gasteiger partial charge on any atom is -0.372 e. The maximum atomic E-state index is 12.3. The number of anilines is 1. The van der Waals surface area contributed by atoms with Gasteiger partial charge in [0.25, 0.3) is 0 Å². The van der Waals surface area contributed by atoms with Crippen LogP contribution in [0.15, 0.2) is 17.2 Å². The molecule has 0 aliphatic rings. The van der Waals surface area contributed by atoms with E-state index in [1.807, 2.05) is 20.8 Å². The molecule has 0 radical (unpaired) electrons. The van der Waals surface area contributed by atoms with Crippen molar-refractivity contribution >= 4 is 27.4 Å². The van der Waals surface area contributed by atoms with Gasteiger partial charge in [0.05, 0.1) is 5.02 Å². The van der Waals surface area contributed by atoms with E-state index in [-0.39, 0.29) is 9.92 Å². The van der Waals surface area contributed by atoms with Crippen molar-refractivity contribution in [2.24, 2.45) is 0 Å². The van der Waals surface area contributed by atoms with Crippen LogP contribution < -0.4 is 10.0 Å². The molecule has 0 aliphatic carbocycles. The zero-order valence-electron chi connectivity index (χ0n) is 11.6. The van der Waals surface area contributed by atoms with Crippen molar-refractivity contribution in [2.75, 3.05) is 12.4 Å². The minimum absolute atomic E-state index is 0.0737. The average Bonchev–Trinajstić information content (AvgIpc) is 2.38. The van der Waals surface area contributed by atoms with Crippen molar-refractivity contribution in [3.8, 4) is 0 Å². The van der Waals surface area contributed by atoms with Crippen LogP contribution in [-0.2, 0) is 10.0 Å². The highest BCUT2D eigenvalue weighted by Crippen LogP contribution is 2.24. The van der Waals surface area contributed by atoms with Crippen molar-refractivity contribution in [3.05, 3.63) is 17.3 Å². The lowest BCUT2D eigenvalue weighted by molar-refractivity contribution is 0.388. The number of nitrogens with one attached hydrogen (secondary N) is 2. The second-order valence-electron chi connectivity index (χ2n) is 4.62. The van der Waals surface area contributed by atoms with Gasteiger partial charge in [-0.25, -0.2) is 18.1 Å². The SMILES string of the molecule is CCC(C)(CC)NS(=O)(=O)c1cnc(NC)c(Cl)c1. The molecule has 1 rings (SSSR count). The second kappa shape index (κ2) is 6.07. The van der Waals surface area contributed by atoms with Crippen LogP contribution in [0.25, 0.3) is 0 Å². The van der Waals surface area contributed by atoms with Gasteiger partial charge in [-0.3, -0.25) is 0 Å². The Balaban J connectivity index is 3.11. The summed E-state index contributed by atoms with van der Waals surface area (Å²) in [6.45, 7) is 5.77. The molecule has 0 aromatic carbocycles. The molecule has 1 aromatic rings. The van der Waals surface area contributed by atoms with E-state index in [1.54, 1.807) is 7.05 Å². The largest absolute Gasteiger partial charge is 0.372 e. The lowest BCUT2D eigenvalue weighted by Gasteiger charge is -2.27. The first-order chi connectivity index (χ1) is 8.78. The van der Waals surface area contributed by atoms with Crippen LogP contribution in [0.3, 0.4) is 0 Å². The zero-order valence-corrected chi connectivity index (χ0v) is 13.2. The fraction of sp³-hybridized carbons (Fsp3) is 0.583. The van der Waals surface area contributed by atoms with Gasteiger partial charge in [0.15, 0.2) is 0 Å². The van der Waals surface area contributed by atoms with Gasteiger partial charge in [-0.15, -0.1) is 0 Å². The third-order valence-corrected chi connectivity index (χ3v) is 5.20. The Morgan fingerprint density at radius 2 is 1.95 bits per heavy atom. The predicted octanol–water partition coefficient (Wildman–Crippen LogP) is 2.63. The van der Waals surface area contributed by atoms with E-state index >= 15 is 0 Å². The summed E-state index contributed by atoms with van der Waals surface area (Å²) < 4.78 is 27.3. The Labute approximate surface area is 119 Å².